The van der Waals surface area contributed by atoms with E-state index in [2.05, 4.69) is 22.8 Å². The number of carbonyl (C=O) groups excluding carboxylic acids is 1. The molecule has 1 aliphatic heterocycles. The molecule has 1 amide bonds. The van der Waals surface area contributed by atoms with Crippen LogP contribution in [0.4, 0.5) is 5.69 Å². The Labute approximate surface area is 222 Å². The fourth-order valence-electron chi connectivity index (χ4n) is 4.23. The third-order valence-corrected chi connectivity index (χ3v) is 6.64. The van der Waals surface area contributed by atoms with Crippen LogP contribution < -0.4 is 25.0 Å². The van der Waals surface area contributed by atoms with Crippen molar-refractivity contribution in [2.45, 2.75) is 32.4 Å². The maximum Gasteiger partial charge on any atom is 0.257 e. The van der Waals surface area contributed by atoms with Gasteiger partial charge in [-0.15, -0.1) is 0 Å². The number of carbonyl (C=O) groups is 1. The molecule has 1 heterocycles. The van der Waals surface area contributed by atoms with Crippen LogP contribution in [0.25, 0.3) is 0 Å². The van der Waals surface area contributed by atoms with Crippen molar-refractivity contribution >= 4 is 40.5 Å². The fourth-order valence-corrected chi connectivity index (χ4v) is 4.57. The second-order valence-corrected chi connectivity index (χ2v) is 9.72. The van der Waals surface area contributed by atoms with Crippen LogP contribution in [0.1, 0.15) is 40.7 Å². The number of halogens is 1. The van der Waals surface area contributed by atoms with Crippen LogP contribution in [-0.4, -0.2) is 31.2 Å². The number of hydrogen-bond donors (Lipinski definition) is 3. The van der Waals surface area contributed by atoms with E-state index in [1.807, 2.05) is 36.4 Å². The Morgan fingerprint density at radius 1 is 0.944 bits per heavy atom. The molecule has 36 heavy (non-hydrogen) atoms. The van der Waals surface area contributed by atoms with Crippen molar-refractivity contribution in [2.24, 2.45) is 0 Å². The summed E-state index contributed by atoms with van der Waals surface area (Å²) in [5, 5.41) is 6.71. The van der Waals surface area contributed by atoms with Crippen LogP contribution in [0.3, 0.4) is 0 Å². The van der Waals surface area contributed by atoms with E-state index in [4.69, 9.17) is 33.3 Å². The highest BCUT2D eigenvalue weighted by Gasteiger charge is 2.15. The Bertz CT molecular complexity index is 1180. The standard InChI is InChI=1S/C28H30ClN3O3S/c1-34-26-17-22(9-14-25(26)35-19-21-5-10-23(29)11-6-21)27(33)31-28(36)30-24-12-7-20(8-13-24)18-32-15-3-2-4-16-32/h5-14,17H,2-4,15-16,18-19H2,1H3,(H2,30,31,33,36)/p+1. The molecule has 4 rings (SSSR count). The van der Waals surface area contributed by atoms with Gasteiger partial charge in [-0.3, -0.25) is 10.1 Å². The van der Waals surface area contributed by atoms with Crippen molar-refractivity contribution in [3.63, 3.8) is 0 Å². The zero-order valence-electron chi connectivity index (χ0n) is 20.3. The fraction of sp³-hybridized carbons (Fsp3) is 0.286. The number of piperidine rings is 1. The number of likely N-dealkylation sites (tertiary alicyclic amines) is 1. The average Bonchev–Trinajstić information content (AvgIpc) is 2.90. The Morgan fingerprint density at radius 2 is 1.64 bits per heavy atom. The molecule has 0 aliphatic carbocycles. The summed E-state index contributed by atoms with van der Waals surface area (Å²) in [5.41, 5.74) is 3.52. The Balaban J connectivity index is 1.30. The van der Waals surface area contributed by atoms with Gasteiger partial charge < -0.3 is 19.7 Å². The van der Waals surface area contributed by atoms with Gasteiger partial charge in [-0.25, -0.2) is 0 Å². The van der Waals surface area contributed by atoms with Gasteiger partial charge in [0.1, 0.15) is 13.2 Å². The molecule has 0 aromatic heterocycles. The van der Waals surface area contributed by atoms with E-state index in [-0.39, 0.29) is 11.0 Å². The Kier molecular flexibility index (Phi) is 9.17. The molecule has 3 aromatic carbocycles. The molecule has 1 saturated heterocycles. The number of benzene rings is 3. The van der Waals surface area contributed by atoms with Crippen LogP contribution in [0.15, 0.2) is 66.7 Å². The molecule has 0 unspecified atom stereocenters. The van der Waals surface area contributed by atoms with Gasteiger partial charge in [0.05, 0.1) is 20.2 Å². The van der Waals surface area contributed by atoms with Crippen molar-refractivity contribution < 1.29 is 19.2 Å². The lowest BCUT2D eigenvalue weighted by Gasteiger charge is -2.23. The third kappa shape index (κ3) is 7.43. The monoisotopic (exact) mass is 524 g/mol. The van der Waals surface area contributed by atoms with Gasteiger partial charge >= 0.3 is 0 Å². The van der Waals surface area contributed by atoms with Crippen LogP contribution >= 0.6 is 23.8 Å². The van der Waals surface area contributed by atoms with Crippen LogP contribution in [0.2, 0.25) is 5.02 Å². The van der Waals surface area contributed by atoms with Gasteiger partial charge in [0.2, 0.25) is 0 Å². The highest BCUT2D eigenvalue weighted by atomic mass is 35.5. The Morgan fingerprint density at radius 3 is 2.33 bits per heavy atom. The number of ether oxygens (including phenoxy) is 2. The Hall–Kier alpha value is -3.13. The lowest BCUT2D eigenvalue weighted by molar-refractivity contribution is -0.918. The van der Waals surface area contributed by atoms with Gasteiger partial charge in [-0.05, 0) is 79.5 Å². The summed E-state index contributed by atoms with van der Waals surface area (Å²) in [5.74, 6) is 0.665. The zero-order chi connectivity index (χ0) is 25.3. The molecule has 3 aromatic rings. The molecule has 0 spiro atoms. The van der Waals surface area contributed by atoms with Gasteiger partial charge in [-0.2, -0.15) is 0 Å². The van der Waals surface area contributed by atoms with E-state index in [0.717, 1.165) is 17.8 Å². The van der Waals surface area contributed by atoms with Gasteiger partial charge in [0.15, 0.2) is 16.6 Å². The first kappa shape index (κ1) is 25.9. The van der Waals surface area contributed by atoms with E-state index >= 15 is 0 Å². The van der Waals surface area contributed by atoms with E-state index in [1.165, 1.54) is 45.0 Å². The third-order valence-electron chi connectivity index (χ3n) is 6.19. The second kappa shape index (κ2) is 12.7. The molecule has 188 valence electrons. The lowest BCUT2D eigenvalue weighted by atomic mass is 10.1. The number of nitrogens with one attached hydrogen (secondary N) is 3. The largest absolute Gasteiger partial charge is 0.493 e. The van der Waals surface area contributed by atoms with E-state index in [9.17, 15) is 4.79 Å². The topological polar surface area (TPSA) is 64.0 Å². The lowest BCUT2D eigenvalue weighted by Crippen LogP contribution is -3.11. The molecule has 8 heteroatoms. The van der Waals surface area contributed by atoms with Crippen molar-refractivity contribution in [1.29, 1.82) is 0 Å². The molecule has 0 saturated carbocycles. The number of thiocarbonyl (C=S) groups is 1. The summed E-state index contributed by atoms with van der Waals surface area (Å²) < 4.78 is 11.3. The molecule has 6 nitrogen and oxygen atoms in total. The molecule has 0 radical (unpaired) electrons. The number of rotatable bonds is 8. The van der Waals surface area contributed by atoms with Crippen LogP contribution in [0.5, 0.6) is 11.5 Å². The molecule has 0 bridgehead atoms. The van der Waals surface area contributed by atoms with Crippen molar-refractivity contribution in [3.8, 4) is 11.5 Å². The van der Waals surface area contributed by atoms with Crippen molar-refractivity contribution in [2.75, 3.05) is 25.5 Å². The number of quaternary nitrogens is 1. The first-order chi connectivity index (χ1) is 17.5. The van der Waals surface area contributed by atoms with E-state index in [1.54, 1.807) is 23.1 Å². The summed E-state index contributed by atoms with van der Waals surface area (Å²) in [4.78, 5) is 14.4. The molecular formula is C28H31ClN3O3S+. The minimum Gasteiger partial charge on any atom is -0.493 e. The quantitative estimate of drug-likeness (QED) is 0.375. The van der Waals surface area contributed by atoms with Gasteiger partial charge in [-0.1, -0.05) is 35.9 Å². The van der Waals surface area contributed by atoms with Crippen LogP contribution in [0, 0.1) is 0 Å². The summed E-state index contributed by atoms with van der Waals surface area (Å²) in [6.45, 7) is 3.89. The maximum atomic E-state index is 12.8. The SMILES string of the molecule is COc1cc(C(=O)NC(=S)Nc2ccc(C[NH+]3CCCCC3)cc2)ccc1OCc1ccc(Cl)cc1. The smallest absolute Gasteiger partial charge is 0.257 e. The van der Waals surface area contributed by atoms with Crippen molar-refractivity contribution in [3.05, 3.63) is 88.4 Å². The predicted molar refractivity (Wildman–Crippen MR) is 147 cm³/mol. The molecule has 3 N–H and O–H groups in total. The number of methoxy groups -OCH3 is 1. The second-order valence-electron chi connectivity index (χ2n) is 8.87. The van der Waals surface area contributed by atoms with E-state index in [0.29, 0.717) is 28.7 Å². The first-order valence-corrected chi connectivity index (χ1v) is 12.9. The zero-order valence-corrected chi connectivity index (χ0v) is 21.9. The first-order valence-electron chi connectivity index (χ1n) is 12.1. The maximum absolute atomic E-state index is 12.8. The normalized spacial score (nSPS) is 13.6. The van der Waals surface area contributed by atoms with Gasteiger partial charge in [0, 0.05) is 21.8 Å². The number of amides is 1. The summed E-state index contributed by atoms with van der Waals surface area (Å²) in [6, 6.07) is 20.6. The summed E-state index contributed by atoms with van der Waals surface area (Å²) in [6.07, 6.45) is 3.98. The van der Waals surface area contributed by atoms with E-state index < -0.39 is 0 Å². The molecule has 0 atom stereocenters. The summed E-state index contributed by atoms with van der Waals surface area (Å²) in [7, 11) is 1.54. The highest BCUT2D eigenvalue weighted by Crippen LogP contribution is 2.29. The summed E-state index contributed by atoms with van der Waals surface area (Å²) >= 11 is 11.3. The highest BCUT2D eigenvalue weighted by molar-refractivity contribution is 7.80. The average molecular weight is 525 g/mol. The van der Waals surface area contributed by atoms with Gasteiger partial charge in [0.25, 0.3) is 5.91 Å². The number of anilines is 1. The molecule has 1 fully saturated rings. The molecule has 1 aliphatic rings. The van der Waals surface area contributed by atoms with Crippen molar-refractivity contribution in [1.82, 2.24) is 5.32 Å². The number of hydrogen-bond acceptors (Lipinski definition) is 4. The van der Waals surface area contributed by atoms with Crippen LogP contribution in [-0.2, 0) is 13.2 Å². The molecular weight excluding hydrogens is 494 g/mol. The minimum atomic E-state index is -0.333. The minimum absolute atomic E-state index is 0.233. The predicted octanol–water partition coefficient (Wildman–Crippen LogP) is 4.62.